The van der Waals surface area contributed by atoms with E-state index in [0.717, 1.165) is 5.69 Å². The molecule has 0 saturated carbocycles. The van der Waals surface area contributed by atoms with Crippen molar-refractivity contribution in [2.24, 2.45) is 0 Å². The second-order valence-corrected chi connectivity index (χ2v) is 1.46. The van der Waals surface area contributed by atoms with Crippen LogP contribution in [0.25, 0.3) is 0 Å². The van der Waals surface area contributed by atoms with Crippen LogP contribution in [-0.2, 0) is 0 Å². The van der Waals surface area contributed by atoms with Crippen molar-refractivity contribution in [1.29, 1.82) is 0 Å². The predicted molar refractivity (Wildman–Crippen MR) is 31.3 cm³/mol. The highest BCUT2D eigenvalue weighted by molar-refractivity contribution is 6.24. The zero-order chi connectivity index (χ0) is 5.82. The Balaban J connectivity index is 2.83. The second-order valence-electron chi connectivity index (χ2n) is 1.24. The molecule has 1 aromatic rings. The van der Waals surface area contributed by atoms with Crippen molar-refractivity contribution < 1.29 is 0 Å². The maximum absolute atomic E-state index is 5.31. The first-order chi connectivity index (χ1) is 3.93. The van der Waals surface area contributed by atoms with Crippen molar-refractivity contribution in [2.75, 3.05) is 0 Å². The molecule has 1 heterocycles. The van der Waals surface area contributed by atoms with Crippen LogP contribution in [0.15, 0.2) is 18.6 Å². The molecule has 1 aromatic heterocycles. The molecule has 41 valence electrons. The third-order valence-electron chi connectivity index (χ3n) is 0.717. The van der Waals surface area contributed by atoms with Crippen molar-refractivity contribution in [3.63, 3.8) is 0 Å². The molecule has 2 nitrogen and oxygen atoms in total. The Labute approximate surface area is 52.5 Å². The highest BCUT2D eigenvalue weighted by Crippen LogP contribution is 1.97. The standard InChI is InChI=1S/C5H4ClN2/c6-3-5-1-2-7-4-8-5/h1-4H. The normalized spacial score (nSPS) is 9.12. The average molecular weight is 128 g/mol. The van der Waals surface area contributed by atoms with Gasteiger partial charge in [-0.3, -0.25) is 0 Å². The third-order valence-corrected chi connectivity index (χ3v) is 0.940. The van der Waals surface area contributed by atoms with E-state index in [2.05, 4.69) is 9.97 Å². The number of hydrogen-bond acceptors (Lipinski definition) is 2. The Morgan fingerprint density at radius 3 is 2.88 bits per heavy atom. The fourth-order valence-electron chi connectivity index (χ4n) is 0.365. The lowest BCUT2D eigenvalue weighted by Gasteiger charge is -1.86. The number of halogens is 1. The van der Waals surface area contributed by atoms with Crippen LogP contribution in [0.2, 0.25) is 0 Å². The van der Waals surface area contributed by atoms with Gasteiger partial charge in [0.2, 0.25) is 0 Å². The zero-order valence-corrected chi connectivity index (χ0v) is 4.84. The molecule has 0 amide bonds. The number of rotatable bonds is 1. The summed E-state index contributed by atoms with van der Waals surface area (Å²) in [5.41, 5.74) is 0.738. The fourth-order valence-corrected chi connectivity index (χ4v) is 0.495. The van der Waals surface area contributed by atoms with E-state index in [0.29, 0.717) is 0 Å². The van der Waals surface area contributed by atoms with Crippen LogP contribution < -0.4 is 0 Å². The maximum Gasteiger partial charge on any atom is 0.115 e. The molecule has 1 rings (SSSR count). The van der Waals surface area contributed by atoms with E-state index in [-0.39, 0.29) is 0 Å². The van der Waals surface area contributed by atoms with Gasteiger partial charge in [-0.05, 0) is 6.07 Å². The summed E-state index contributed by atoms with van der Waals surface area (Å²) in [5.74, 6) is 1.40. The molecule has 0 atom stereocenters. The Morgan fingerprint density at radius 1 is 1.62 bits per heavy atom. The van der Waals surface area contributed by atoms with E-state index in [1.54, 1.807) is 12.3 Å². The van der Waals surface area contributed by atoms with Crippen LogP contribution in [0.5, 0.6) is 0 Å². The summed E-state index contributed by atoms with van der Waals surface area (Å²) < 4.78 is 0. The lowest BCUT2D eigenvalue weighted by atomic mass is 10.5. The average Bonchev–Trinajstić information content (AvgIpc) is 1.90. The van der Waals surface area contributed by atoms with Gasteiger partial charge in [0.25, 0.3) is 0 Å². The summed E-state index contributed by atoms with van der Waals surface area (Å²) in [6, 6.07) is 1.73. The molecule has 0 aliphatic heterocycles. The summed E-state index contributed by atoms with van der Waals surface area (Å²) in [5, 5.41) is 0. The highest BCUT2D eigenvalue weighted by Gasteiger charge is 1.85. The number of aromatic nitrogens is 2. The number of hydrogen-bond donors (Lipinski definition) is 0. The molecule has 0 aliphatic rings. The van der Waals surface area contributed by atoms with E-state index in [9.17, 15) is 0 Å². The van der Waals surface area contributed by atoms with Crippen LogP contribution in [0, 0.1) is 5.88 Å². The molecule has 0 aromatic carbocycles. The van der Waals surface area contributed by atoms with E-state index < -0.39 is 0 Å². The first-order valence-electron chi connectivity index (χ1n) is 2.13. The lowest BCUT2D eigenvalue weighted by molar-refractivity contribution is 1.13. The largest absolute Gasteiger partial charge is 0.245 e. The highest BCUT2D eigenvalue weighted by atomic mass is 35.5. The summed E-state index contributed by atoms with van der Waals surface area (Å²) in [4.78, 5) is 7.50. The summed E-state index contributed by atoms with van der Waals surface area (Å²) in [6.07, 6.45) is 3.09. The monoisotopic (exact) mass is 127 g/mol. The minimum atomic E-state index is 0.738. The molecule has 0 bridgehead atoms. The van der Waals surface area contributed by atoms with Crippen LogP contribution >= 0.6 is 11.6 Å². The van der Waals surface area contributed by atoms with Gasteiger partial charge in [0.15, 0.2) is 0 Å². The van der Waals surface area contributed by atoms with Gasteiger partial charge < -0.3 is 0 Å². The summed E-state index contributed by atoms with van der Waals surface area (Å²) in [6.45, 7) is 0. The quantitative estimate of drug-likeness (QED) is 0.567. The van der Waals surface area contributed by atoms with Gasteiger partial charge in [-0.1, -0.05) is 0 Å². The first kappa shape index (κ1) is 5.51. The van der Waals surface area contributed by atoms with Crippen molar-refractivity contribution in [1.82, 2.24) is 9.97 Å². The van der Waals surface area contributed by atoms with Crippen molar-refractivity contribution in [3.8, 4) is 0 Å². The van der Waals surface area contributed by atoms with Crippen LogP contribution in [-0.4, -0.2) is 9.97 Å². The van der Waals surface area contributed by atoms with Gasteiger partial charge in [0.1, 0.15) is 6.33 Å². The topological polar surface area (TPSA) is 25.8 Å². The van der Waals surface area contributed by atoms with Gasteiger partial charge in [-0.15, -0.1) is 11.6 Å². The van der Waals surface area contributed by atoms with Gasteiger partial charge in [-0.25, -0.2) is 9.97 Å². The minimum Gasteiger partial charge on any atom is -0.245 e. The predicted octanol–water partition coefficient (Wildman–Crippen LogP) is 1.23. The van der Waals surface area contributed by atoms with E-state index in [1.807, 2.05) is 0 Å². The third kappa shape index (κ3) is 1.17. The van der Waals surface area contributed by atoms with Gasteiger partial charge in [0.05, 0.1) is 11.6 Å². The molecule has 0 aliphatic carbocycles. The van der Waals surface area contributed by atoms with E-state index in [1.165, 1.54) is 12.2 Å². The molecule has 0 fully saturated rings. The lowest BCUT2D eigenvalue weighted by Crippen LogP contribution is -1.80. The molecule has 3 heteroatoms. The van der Waals surface area contributed by atoms with Crippen molar-refractivity contribution in [2.45, 2.75) is 0 Å². The van der Waals surface area contributed by atoms with Crippen molar-refractivity contribution >= 4 is 11.6 Å². The zero-order valence-electron chi connectivity index (χ0n) is 4.08. The van der Waals surface area contributed by atoms with Crippen molar-refractivity contribution in [3.05, 3.63) is 30.2 Å². The summed E-state index contributed by atoms with van der Waals surface area (Å²) >= 11 is 5.31. The smallest absolute Gasteiger partial charge is 0.115 e. The van der Waals surface area contributed by atoms with Gasteiger partial charge in [-0.2, -0.15) is 0 Å². The molecule has 1 radical (unpaired) electrons. The SMILES string of the molecule is Cl[CH]c1ccncn1. The Bertz CT molecular complexity index is 152. The first-order valence-corrected chi connectivity index (χ1v) is 2.56. The Kier molecular flexibility index (Phi) is 1.80. The molecule has 0 spiro atoms. The van der Waals surface area contributed by atoms with E-state index >= 15 is 0 Å². The molecular formula is C5H4ClN2. The molecule has 0 saturated heterocycles. The Hall–Kier alpha value is -0.630. The van der Waals surface area contributed by atoms with Gasteiger partial charge in [0, 0.05) is 6.20 Å². The second kappa shape index (κ2) is 2.62. The van der Waals surface area contributed by atoms with E-state index in [4.69, 9.17) is 11.6 Å². The fraction of sp³-hybridized carbons (Fsp3) is 0. The van der Waals surface area contributed by atoms with Gasteiger partial charge >= 0.3 is 0 Å². The minimum absolute atomic E-state index is 0.738. The molecular weight excluding hydrogens is 124 g/mol. The Morgan fingerprint density at radius 2 is 2.50 bits per heavy atom. The molecule has 0 unspecified atom stereocenters. The number of nitrogens with zero attached hydrogens (tertiary/aromatic N) is 2. The van der Waals surface area contributed by atoms with Crippen LogP contribution in [0.3, 0.4) is 0 Å². The van der Waals surface area contributed by atoms with Crippen LogP contribution in [0.1, 0.15) is 5.69 Å². The van der Waals surface area contributed by atoms with Crippen LogP contribution in [0.4, 0.5) is 0 Å². The summed E-state index contributed by atoms with van der Waals surface area (Å²) in [7, 11) is 0. The molecule has 8 heavy (non-hydrogen) atoms. The molecule has 0 N–H and O–H groups in total. The maximum atomic E-state index is 5.31.